The number of carbonyl (C=O) groups excluding carboxylic acids is 2. The summed E-state index contributed by atoms with van der Waals surface area (Å²) in [6.07, 6.45) is -4.82. The largest absolute Gasteiger partial charge is 0.456 e. The molecule has 148 valence electrons. The van der Waals surface area contributed by atoms with E-state index in [2.05, 4.69) is 4.98 Å². The molecule has 2 atom stereocenters. The molecule has 1 amide bonds. The number of hydrogen-bond acceptors (Lipinski definition) is 5. The molecule has 0 aliphatic carbocycles. The van der Waals surface area contributed by atoms with E-state index in [0.717, 1.165) is 11.6 Å². The van der Waals surface area contributed by atoms with E-state index < -0.39 is 29.3 Å². The molecule has 1 aromatic heterocycles. The molecule has 2 aliphatic heterocycles. The molecule has 0 spiro atoms. The number of fused-ring (bicyclic) bond motifs is 3. The summed E-state index contributed by atoms with van der Waals surface area (Å²) in [4.78, 5) is 31.4. The Morgan fingerprint density at radius 2 is 1.85 bits per heavy atom. The Morgan fingerprint density at radius 3 is 2.44 bits per heavy atom. The van der Waals surface area contributed by atoms with Crippen molar-refractivity contribution in [2.45, 2.75) is 58.0 Å². The van der Waals surface area contributed by atoms with Gasteiger partial charge in [0.05, 0.1) is 6.04 Å². The number of piperazine rings is 1. The van der Waals surface area contributed by atoms with E-state index in [1.807, 2.05) is 11.8 Å². The van der Waals surface area contributed by atoms with E-state index in [1.54, 1.807) is 25.7 Å². The average Bonchev–Trinajstić information content (AvgIpc) is 2.89. The van der Waals surface area contributed by atoms with E-state index in [4.69, 9.17) is 4.74 Å². The maximum absolute atomic E-state index is 12.7. The SMILES string of the molecule is C[C@@H]1CN(C(=O)OC(C)(C)C)C[C@H]2Cc3ccc(C(=O)C(F)(F)F)nc3N21. The lowest BCUT2D eigenvalue weighted by atomic mass is 10.1. The van der Waals surface area contributed by atoms with Crippen molar-refractivity contribution in [1.82, 2.24) is 9.88 Å². The van der Waals surface area contributed by atoms with Crippen molar-refractivity contribution in [2.24, 2.45) is 0 Å². The fourth-order valence-corrected chi connectivity index (χ4v) is 3.59. The number of pyridine rings is 1. The first-order valence-corrected chi connectivity index (χ1v) is 8.74. The van der Waals surface area contributed by atoms with Gasteiger partial charge in [-0.05, 0) is 45.7 Å². The fraction of sp³-hybridized carbons (Fsp3) is 0.611. The Labute approximate surface area is 155 Å². The van der Waals surface area contributed by atoms with E-state index >= 15 is 0 Å². The minimum atomic E-state index is -4.96. The third-order valence-electron chi connectivity index (χ3n) is 4.58. The van der Waals surface area contributed by atoms with E-state index in [9.17, 15) is 22.8 Å². The van der Waals surface area contributed by atoms with Crippen LogP contribution in [-0.4, -0.2) is 58.7 Å². The van der Waals surface area contributed by atoms with Crippen molar-refractivity contribution < 1.29 is 27.5 Å². The molecule has 6 nitrogen and oxygen atoms in total. The van der Waals surface area contributed by atoms with Crippen LogP contribution in [-0.2, 0) is 11.2 Å². The molecule has 3 heterocycles. The van der Waals surface area contributed by atoms with Crippen LogP contribution in [0.2, 0.25) is 0 Å². The topological polar surface area (TPSA) is 62.7 Å². The van der Waals surface area contributed by atoms with Gasteiger partial charge in [-0.15, -0.1) is 0 Å². The number of carbonyl (C=O) groups is 2. The van der Waals surface area contributed by atoms with Crippen LogP contribution in [0.25, 0.3) is 0 Å². The molecule has 1 saturated heterocycles. The van der Waals surface area contributed by atoms with Crippen molar-refractivity contribution in [3.05, 3.63) is 23.4 Å². The van der Waals surface area contributed by atoms with E-state index in [0.29, 0.717) is 25.3 Å². The Balaban J connectivity index is 1.81. The standard InChI is InChI=1S/C18H22F3N3O3/c1-10-8-23(16(26)27-17(2,3)4)9-12-7-11-5-6-13(14(25)18(19,20)21)22-15(11)24(10)12/h5-6,10,12H,7-9H2,1-4H3/t10-,12-/m1/s1. The van der Waals surface area contributed by atoms with Gasteiger partial charge in [-0.2, -0.15) is 13.2 Å². The molecule has 0 radical (unpaired) electrons. The van der Waals surface area contributed by atoms with Crippen LogP contribution in [0, 0.1) is 0 Å². The normalized spacial score (nSPS) is 22.3. The fourth-order valence-electron chi connectivity index (χ4n) is 3.59. The molecular weight excluding hydrogens is 363 g/mol. The predicted octanol–water partition coefficient (Wildman–Crippen LogP) is 3.20. The Bertz CT molecular complexity index is 773. The number of ether oxygens (including phenoxy) is 1. The highest BCUT2D eigenvalue weighted by atomic mass is 19.4. The highest BCUT2D eigenvalue weighted by Gasteiger charge is 2.44. The number of Topliss-reactive ketones (excluding diaryl/α,β-unsaturated/α-hetero) is 1. The quantitative estimate of drug-likeness (QED) is 0.695. The second kappa shape index (κ2) is 6.38. The molecule has 9 heteroatoms. The van der Waals surface area contributed by atoms with Gasteiger partial charge in [-0.25, -0.2) is 9.78 Å². The van der Waals surface area contributed by atoms with Crippen LogP contribution in [0.5, 0.6) is 0 Å². The second-order valence-electron chi connectivity index (χ2n) is 8.01. The zero-order chi connectivity index (χ0) is 20.1. The Kier molecular flexibility index (Phi) is 4.60. The number of aromatic nitrogens is 1. The third kappa shape index (κ3) is 3.86. The van der Waals surface area contributed by atoms with Gasteiger partial charge in [0.25, 0.3) is 5.78 Å². The molecule has 3 rings (SSSR count). The maximum Gasteiger partial charge on any atom is 0.456 e. The zero-order valence-electron chi connectivity index (χ0n) is 15.6. The molecule has 0 N–H and O–H groups in total. The molecule has 0 unspecified atom stereocenters. The minimum Gasteiger partial charge on any atom is -0.444 e. The summed E-state index contributed by atoms with van der Waals surface area (Å²) >= 11 is 0. The summed E-state index contributed by atoms with van der Waals surface area (Å²) in [5.74, 6) is -1.56. The van der Waals surface area contributed by atoms with Gasteiger partial charge in [0, 0.05) is 19.1 Å². The Hall–Kier alpha value is -2.32. The molecule has 1 aromatic rings. The smallest absolute Gasteiger partial charge is 0.444 e. The van der Waals surface area contributed by atoms with Gasteiger partial charge in [0.2, 0.25) is 0 Å². The number of amides is 1. The lowest BCUT2D eigenvalue weighted by Crippen LogP contribution is -2.58. The molecule has 1 fully saturated rings. The first-order valence-electron chi connectivity index (χ1n) is 8.74. The van der Waals surface area contributed by atoms with E-state index in [1.165, 1.54) is 6.07 Å². The molecule has 2 aliphatic rings. The molecular formula is C18H22F3N3O3. The van der Waals surface area contributed by atoms with Crippen LogP contribution in [0.15, 0.2) is 12.1 Å². The Morgan fingerprint density at radius 1 is 1.19 bits per heavy atom. The maximum atomic E-state index is 12.7. The highest BCUT2D eigenvalue weighted by molar-refractivity contribution is 5.99. The summed E-state index contributed by atoms with van der Waals surface area (Å²) in [6.45, 7) is 8.00. The van der Waals surface area contributed by atoms with Crippen molar-refractivity contribution in [2.75, 3.05) is 18.0 Å². The predicted molar refractivity (Wildman–Crippen MR) is 91.9 cm³/mol. The zero-order valence-corrected chi connectivity index (χ0v) is 15.6. The van der Waals surface area contributed by atoms with Gasteiger partial charge < -0.3 is 14.5 Å². The van der Waals surface area contributed by atoms with Gasteiger partial charge in [0.1, 0.15) is 17.1 Å². The highest BCUT2D eigenvalue weighted by Crippen LogP contribution is 2.36. The number of rotatable bonds is 1. The number of halogens is 3. The molecule has 0 bridgehead atoms. The van der Waals surface area contributed by atoms with Crippen molar-refractivity contribution >= 4 is 17.7 Å². The van der Waals surface area contributed by atoms with Crippen LogP contribution in [0.3, 0.4) is 0 Å². The van der Waals surface area contributed by atoms with Crippen LogP contribution < -0.4 is 4.90 Å². The number of ketones is 1. The van der Waals surface area contributed by atoms with Crippen molar-refractivity contribution in [3.8, 4) is 0 Å². The monoisotopic (exact) mass is 385 g/mol. The van der Waals surface area contributed by atoms with Crippen LogP contribution in [0.1, 0.15) is 43.7 Å². The van der Waals surface area contributed by atoms with Crippen LogP contribution >= 0.6 is 0 Å². The summed E-state index contributed by atoms with van der Waals surface area (Å²) in [5.41, 5.74) is -0.440. The number of alkyl halides is 3. The molecule has 27 heavy (non-hydrogen) atoms. The summed E-state index contributed by atoms with van der Waals surface area (Å²) in [6, 6.07) is 2.36. The van der Waals surface area contributed by atoms with Crippen molar-refractivity contribution in [1.29, 1.82) is 0 Å². The van der Waals surface area contributed by atoms with Gasteiger partial charge >= 0.3 is 12.3 Å². The number of hydrogen-bond donors (Lipinski definition) is 0. The van der Waals surface area contributed by atoms with Crippen LogP contribution in [0.4, 0.5) is 23.8 Å². The molecule has 0 saturated carbocycles. The molecule has 0 aromatic carbocycles. The third-order valence-corrected chi connectivity index (χ3v) is 4.58. The van der Waals surface area contributed by atoms with E-state index in [-0.39, 0.29) is 12.1 Å². The average molecular weight is 385 g/mol. The first kappa shape index (κ1) is 19.4. The lowest BCUT2D eigenvalue weighted by molar-refractivity contribution is -0.0888. The lowest BCUT2D eigenvalue weighted by Gasteiger charge is -2.43. The number of anilines is 1. The summed E-state index contributed by atoms with van der Waals surface area (Å²) in [7, 11) is 0. The minimum absolute atomic E-state index is 0.111. The summed E-state index contributed by atoms with van der Waals surface area (Å²) in [5, 5.41) is 0. The summed E-state index contributed by atoms with van der Waals surface area (Å²) < 4.78 is 43.6. The second-order valence-corrected chi connectivity index (χ2v) is 8.01. The van der Waals surface area contributed by atoms with Gasteiger partial charge in [-0.1, -0.05) is 6.07 Å². The van der Waals surface area contributed by atoms with Gasteiger partial charge in [-0.3, -0.25) is 4.79 Å². The van der Waals surface area contributed by atoms with Gasteiger partial charge in [0.15, 0.2) is 0 Å². The first-order chi connectivity index (χ1) is 12.4. The number of nitrogens with zero attached hydrogens (tertiary/aromatic N) is 3. The van der Waals surface area contributed by atoms with Crippen molar-refractivity contribution in [3.63, 3.8) is 0 Å².